The third-order valence-electron chi connectivity index (χ3n) is 3.92. The van der Waals surface area contributed by atoms with Gasteiger partial charge in [-0.05, 0) is 25.7 Å². The van der Waals surface area contributed by atoms with E-state index in [0.717, 1.165) is 0 Å². The molecule has 0 aromatic heterocycles. The van der Waals surface area contributed by atoms with E-state index in [2.05, 4.69) is 15.4 Å². The van der Waals surface area contributed by atoms with E-state index in [1.165, 1.54) is 6.92 Å². The Morgan fingerprint density at radius 1 is 0.903 bits per heavy atom. The lowest BCUT2D eigenvalue weighted by Crippen LogP contribution is -2.55. The third-order valence-corrected chi connectivity index (χ3v) is 3.92. The zero-order valence-corrected chi connectivity index (χ0v) is 17.6. The number of nitrogens with two attached hydrogens (primary N) is 2. The van der Waals surface area contributed by atoms with Crippen molar-refractivity contribution >= 4 is 35.7 Å². The predicted octanol–water partition coefficient (Wildman–Crippen LogP) is -1.91. The number of amides is 2. The van der Waals surface area contributed by atoms with Gasteiger partial charge in [-0.1, -0.05) is 13.8 Å². The fourth-order valence-electron chi connectivity index (χ4n) is 2.29. The van der Waals surface area contributed by atoms with Crippen LogP contribution in [0, 0.1) is 5.92 Å². The van der Waals surface area contributed by atoms with Crippen LogP contribution in [-0.2, 0) is 33.5 Å². The van der Waals surface area contributed by atoms with Gasteiger partial charge in [0.25, 0.3) is 0 Å². The summed E-state index contributed by atoms with van der Waals surface area (Å²) in [6.45, 7) is 4.80. The lowest BCUT2D eigenvalue weighted by molar-refractivity contribution is -0.160. The molecule has 0 aliphatic heterocycles. The van der Waals surface area contributed by atoms with Gasteiger partial charge in [-0.3, -0.25) is 19.2 Å². The quantitative estimate of drug-likeness (QED) is 0.135. The summed E-state index contributed by atoms with van der Waals surface area (Å²) in [7, 11) is 0. The molecule has 0 spiro atoms. The van der Waals surface area contributed by atoms with Crippen molar-refractivity contribution in [2.75, 3.05) is 0 Å². The van der Waals surface area contributed by atoms with Crippen LogP contribution in [0.3, 0.4) is 0 Å². The molecule has 0 aliphatic carbocycles. The first-order valence-corrected chi connectivity index (χ1v) is 9.55. The van der Waals surface area contributed by atoms with E-state index in [4.69, 9.17) is 16.6 Å². The maximum Gasteiger partial charge on any atom is 0.330 e. The van der Waals surface area contributed by atoms with Gasteiger partial charge >= 0.3 is 23.9 Å². The zero-order chi connectivity index (χ0) is 24.3. The Balaban J connectivity index is 4.97. The standard InChI is InChI=1S/C18H30N4O9/c1-8(2)6-12(17(28)29)22-16(27)11(7-13(23)24)21-15(26)10(20)4-5-14(25)31-18(30)9(3)19/h8-12H,4-7,19-20H2,1-3H3,(H,21,26)(H,22,27)(H,23,24)(H,28,29)/t9-,10-,11-,12-/m0/s1. The number of carboxylic acid groups (broad SMARTS) is 2. The molecule has 0 aromatic rings. The predicted molar refractivity (Wildman–Crippen MR) is 105 cm³/mol. The summed E-state index contributed by atoms with van der Waals surface area (Å²) < 4.78 is 4.42. The molecule has 0 radical (unpaired) electrons. The SMILES string of the molecule is CC(C)C[C@H](NC(=O)[C@H](CC(=O)O)NC(=O)[C@@H](N)CCC(=O)OC(=O)[C@H](C)N)C(=O)O. The number of aliphatic carboxylic acids is 2. The van der Waals surface area contributed by atoms with Crippen LogP contribution in [0.1, 0.15) is 46.5 Å². The van der Waals surface area contributed by atoms with Gasteiger partial charge in [0.05, 0.1) is 12.5 Å². The summed E-state index contributed by atoms with van der Waals surface area (Å²) in [6.07, 6.45) is -1.39. The Kier molecular flexibility index (Phi) is 12.0. The Hall–Kier alpha value is -3.06. The average Bonchev–Trinajstić information content (AvgIpc) is 2.63. The maximum absolute atomic E-state index is 12.4. The molecule has 0 saturated carbocycles. The molecule has 31 heavy (non-hydrogen) atoms. The number of nitrogens with one attached hydrogen (secondary N) is 2. The molecular weight excluding hydrogens is 416 g/mol. The monoisotopic (exact) mass is 446 g/mol. The van der Waals surface area contributed by atoms with E-state index >= 15 is 0 Å². The Morgan fingerprint density at radius 2 is 1.45 bits per heavy atom. The van der Waals surface area contributed by atoms with Gasteiger partial charge in [0.1, 0.15) is 18.1 Å². The average molecular weight is 446 g/mol. The second kappa shape index (κ2) is 13.3. The van der Waals surface area contributed by atoms with E-state index in [0.29, 0.717) is 0 Å². The fraction of sp³-hybridized carbons (Fsp3) is 0.667. The van der Waals surface area contributed by atoms with Gasteiger partial charge in [-0.15, -0.1) is 0 Å². The van der Waals surface area contributed by atoms with Gasteiger partial charge in [-0.25, -0.2) is 9.59 Å². The molecule has 0 saturated heterocycles. The highest BCUT2D eigenvalue weighted by atomic mass is 16.6. The number of carbonyl (C=O) groups excluding carboxylic acids is 4. The number of hydrogen-bond donors (Lipinski definition) is 6. The van der Waals surface area contributed by atoms with Crippen LogP contribution in [0.25, 0.3) is 0 Å². The first kappa shape index (κ1) is 27.9. The molecule has 0 aliphatic rings. The van der Waals surface area contributed by atoms with Crippen LogP contribution in [0.4, 0.5) is 0 Å². The van der Waals surface area contributed by atoms with Crippen molar-refractivity contribution < 1.29 is 43.7 Å². The minimum atomic E-state index is -1.59. The zero-order valence-electron chi connectivity index (χ0n) is 17.6. The van der Waals surface area contributed by atoms with Crippen molar-refractivity contribution in [1.29, 1.82) is 0 Å². The van der Waals surface area contributed by atoms with Crippen molar-refractivity contribution in [3.63, 3.8) is 0 Å². The molecule has 4 atom stereocenters. The molecule has 176 valence electrons. The minimum absolute atomic E-state index is 0.0729. The lowest BCUT2D eigenvalue weighted by Gasteiger charge is -2.22. The van der Waals surface area contributed by atoms with Gasteiger partial charge < -0.3 is 37.1 Å². The minimum Gasteiger partial charge on any atom is -0.481 e. The van der Waals surface area contributed by atoms with Crippen LogP contribution in [-0.4, -0.2) is 70.1 Å². The molecule has 8 N–H and O–H groups in total. The van der Waals surface area contributed by atoms with Gasteiger partial charge in [-0.2, -0.15) is 0 Å². The van der Waals surface area contributed by atoms with Crippen LogP contribution >= 0.6 is 0 Å². The third kappa shape index (κ3) is 11.6. The Morgan fingerprint density at radius 3 is 1.90 bits per heavy atom. The lowest BCUT2D eigenvalue weighted by atomic mass is 10.0. The van der Waals surface area contributed by atoms with Crippen molar-refractivity contribution in [3.05, 3.63) is 0 Å². The largest absolute Gasteiger partial charge is 0.481 e. The summed E-state index contributed by atoms with van der Waals surface area (Å²) in [5.74, 6) is -6.64. The number of carboxylic acids is 2. The highest BCUT2D eigenvalue weighted by Gasteiger charge is 2.30. The van der Waals surface area contributed by atoms with Crippen LogP contribution in [0.15, 0.2) is 0 Å². The molecular formula is C18H30N4O9. The van der Waals surface area contributed by atoms with Crippen molar-refractivity contribution in [1.82, 2.24) is 10.6 Å². The number of rotatable bonds is 13. The molecule has 0 fully saturated rings. The molecule has 13 nitrogen and oxygen atoms in total. The number of esters is 2. The molecule has 0 bridgehead atoms. The summed E-state index contributed by atoms with van der Waals surface area (Å²) in [5.41, 5.74) is 10.9. The number of ether oxygens (including phenoxy) is 1. The van der Waals surface area contributed by atoms with E-state index in [1.807, 2.05) is 0 Å². The van der Waals surface area contributed by atoms with Crippen LogP contribution in [0.2, 0.25) is 0 Å². The normalized spacial score (nSPS) is 14.6. The summed E-state index contributed by atoms with van der Waals surface area (Å²) in [6, 6.07) is -5.20. The van der Waals surface area contributed by atoms with E-state index in [-0.39, 0.29) is 18.8 Å². The van der Waals surface area contributed by atoms with Crippen molar-refractivity contribution in [3.8, 4) is 0 Å². The van der Waals surface area contributed by atoms with Crippen LogP contribution in [0.5, 0.6) is 0 Å². The van der Waals surface area contributed by atoms with E-state index in [9.17, 15) is 33.9 Å². The van der Waals surface area contributed by atoms with Gasteiger partial charge in [0.2, 0.25) is 11.8 Å². The van der Waals surface area contributed by atoms with Gasteiger partial charge in [0, 0.05) is 6.42 Å². The van der Waals surface area contributed by atoms with Crippen molar-refractivity contribution in [2.24, 2.45) is 17.4 Å². The fourth-order valence-corrected chi connectivity index (χ4v) is 2.29. The number of hydrogen-bond acceptors (Lipinski definition) is 9. The first-order valence-electron chi connectivity index (χ1n) is 9.55. The molecule has 0 heterocycles. The van der Waals surface area contributed by atoms with Gasteiger partial charge in [0.15, 0.2) is 0 Å². The Bertz CT molecular complexity index is 694. The topological polar surface area (TPSA) is 228 Å². The molecule has 13 heteroatoms. The maximum atomic E-state index is 12.4. The summed E-state index contributed by atoms with van der Waals surface area (Å²) in [4.78, 5) is 69.7. The van der Waals surface area contributed by atoms with E-state index < -0.39 is 72.7 Å². The molecule has 0 unspecified atom stereocenters. The highest BCUT2D eigenvalue weighted by Crippen LogP contribution is 2.07. The summed E-state index contributed by atoms with van der Waals surface area (Å²) in [5, 5.41) is 22.5. The van der Waals surface area contributed by atoms with E-state index in [1.54, 1.807) is 13.8 Å². The molecule has 0 rings (SSSR count). The molecule has 2 amide bonds. The van der Waals surface area contributed by atoms with Crippen LogP contribution < -0.4 is 22.1 Å². The van der Waals surface area contributed by atoms with Crippen molar-refractivity contribution in [2.45, 2.75) is 70.6 Å². The number of carbonyl (C=O) groups is 6. The molecule has 0 aromatic carbocycles. The highest BCUT2D eigenvalue weighted by molar-refractivity contribution is 5.94. The second-order valence-electron chi connectivity index (χ2n) is 7.41. The second-order valence-corrected chi connectivity index (χ2v) is 7.41. The smallest absolute Gasteiger partial charge is 0.330 e. The first-order chi connectivity index (χ1) is 14.2. The summed E-state index contributed by atoms with van der Waals surface area (Å²) >= 11 is 0. The Labute approximate surface area is 178 Å².